The third-order valence-corrected chi connectivity index (χ3v) is 3.15. The van der Waals surface area contributed by atoms with E-state index in [2.05, 4.69) is 44.8 Å². The van der Waals surface area contributed by atoms with Crippen LogP contribution >= 0.6 is 0 Å². The van der Waals surface area contributed by atoms with Crippen LogP contribution in [0.3, 0.4) is 0 Å². The van der Waals surface area contributed by atoms with Gasteiger partial charge in [0.05, 0.1) is 11.2 Å². The molecule has 1 fully saturated rings. The molecule has 1 atom stereocenters. The lowest BCUT2D eigenvalue weighted by Crippen LogP contribution is -2.60. The lowest BCUT2D eigenvalue weighted by Gasteiger charge is -2.49. The number of ether oxygens (including phenoxy) is 1. The summed E-state index contributed by atoms with van der Waals surface area (Å²) < 4.78 is 6.10. The van der Waals surface area contributed by atoms with Crippen LogP contribution in [-0.4, -0.2) is 48.8 Å². The number of hydrogen-bond donors (Lipinski definition) is 1. The van der Waals surface area contributed by atoms with E-state index >= 15 is 0 Å². The average Bonchev–Trinajstić information content (AvgIpc) is 2.08. The molecule has 0 bridgehead atoms. The number of rotatable bonds is 4. The van der Waals surface area contributed by atoms with E-state index < -0.39 is 0 Å². The molecule has 0 aromatic heterocycles. The molecule has 0 radical (unpaired) electrons. The predicted octanol–water partition coefficient (Wildman–Crippen LogP) is 1.87. The maximum atomic E-state index is 6.10. The second-order valence-corrected chi connectivity index (χ2v) is 6.15. The molecule has 1 unspecified atom stereocenters. The molecule has 1 N–H and O–H groups in total. The van der Waals surface area contributed by atoms with Gasteiger partial charge in [0.2, 0.25) is 0 Å². The summed E-state index contributed by atoms with van der Waals surface area (Å²) in [6.07, 6.45) is 1.19. The van der Waals surface area contributed by atoms with Crippen molar-refractivity contribution in [1.29, 1.82) is 0 Å². The molecule has 1 aliphatic rings. The van der Waals surface area contributed by atoms with Gasteiger partial charge in [0, 0.05) is 25.7 Å². The fraction of sp³-hybridized carbons (Fsp3) is 1.00. The molecule has 3 nitrogen and oxygen atoms in total. The van der Waals surface area contributed by atoms with Gasteiger partial charge in [0.25, 0.3) is 0 Å². The molecule has 0 spiro atoms. The molecule has 0 aliphatic carbocycles. The molecular weight excluding hydrogens is 200 g/mol. The van der Waals surface area contributed by atoms with Crippen LogP contribution in [0, 0.1) is 0 Å². The standard InChI is InChI=1S/C13H28N2O/c1-7-11(8-14-6)15-9-12(2,3)16-13(4,5)10-15/h11,14H,7-10H2,1-6H3. The summed E-state index contributed by atoms with van der Waals surface area (Å²) in [5.41, 5.74) is -0.0776. The molecular formula is C13H28N2O. The zero-order valence-corrected chi connectivity index (χ0v) is 11.8. The Balaban J connectivity index is 2.72. The summed E-state index contributed by atoms with van der Waals surface area (Å²) in [6.45, 7) is 14.1. The quantitative estimate of drug-likeness (QED) is 0.795. The van der Waals surface area contributed by atoms with Crippen LogP contribution in [0.1, 0.15) is 41.0 Å². The third kappa shape index (κ3) is 3.72. The Morgan fingerprint density at radius 2 is 1.69 bits per heavy atom. The Bertz CT molecular complexity index is 210. The van der Waals surface area contributed by atoms with Crippen LogP contribution in [0.15, 0.2) is 0 Å². The monoisotopic (exact) mass is 228 g/mol. The molecule has 0 amide bonds. The van der Waals surface area contributed by atoms with Gasteiger partial charge in [0.1, 0.15) is 0 Å². The van der Waals surface area contributed by atoms with Crippen molar-refractivity contribution in [2.45, 2.75) is 58.3 Å². The summed E-state index contributed by atoms with van der Waals surface area (Å²) in [5.74, 6) is 0. The van der Waals surface area contributed by atoms with Gasteiger partial charge < -0.3 is 10.1 Å². The lowest BCUT2D eigenvalue weighted by molar-refractivity contribution is -0.187. The first-order valence-corrected chi connectivity index (χ1v) is 6.38. The Kier molecular flexibility index (Phi) is 4.38. The Labute approximate surface area is 101 Å². The minimum Gasteiger partial charge on any atom is -0.367 e. The highest BCUT2D eigenvalue weighted by atomic mass is 16.5. The van der Waals surface area contributed by atoms with Crippen LogP contribution in [0.25, 0.3) is 0 Å². The van der Waals surface area contributed by atoms with Crippen LogP contribution in [0.2, 0.25) is 0 Å². The molecule has 16 heavy (non-hydrogen) atoms. The maximum Gasteiger partial charge on any atom is 0.0760 e. The minimum absolute atomic E-state index is 0.0388. The normalized spacial score (nSPS) is 26.6. The SMILES string of the molecule is CCC(CNC)N1CC(C)(C)OC(C)(C)C1. The first-order chi connectivity index (χ1) is 7.29. The molecule has 1 saturated heterocycles. The minimum atomic E-state index is -0.0388. The van der Waals surface area contributed by atoms with Crippen LogP contribution in [0.4, 0.5) is 0 Å². The number of nitrogens with one attached hydrogen (secondary N) is 1. The number of hydrogen-bond acceptors (Lipinski definition) is 3. The van der Waals surface area contributed by atoms with E-state index in [1.54, 1.807) is 0 Å². The van der Waals surface area contributed by atoms with Gasteiger partial charge in [-0.1, -0.05) is 6.92 Å². The highest BCUT2D eigenvalue weighted by Gasteiger charge is 2.39. The number of morpholine rings is 1. The van der Waals surface area contributed by atoms with Crippen LogP contribution in [-0.2, 0) is 4.74 Å². The molecule has 1 aliphatic heterocycles. The second kappa shape index (κ2) is 5.03. The molecule has 0 aromatic rings. The summed E-state index contributed by atoms with van der Waals surface area (Å²) >= 11 is 0. The van der Waals surface area contributed by atoms with E-state index in [9.17, 15) is 0 Å². The van der Waals surface area contributed by atoms with Crippen molar-refractivity contribution in [3.05, 3.63) is 0 Å². The van der Waals surface area contributed by atoms with Crippen molar-refractivity contribution in [3.63, 3.8) is 0 Å². The van der Waals surface area contributed by atoms with Gasteiger partial charge >= 0.3 is 0 Å². The highest BCUT2D eigenvalue weighted by Crippen LogP contribution is 2.29. The Morgan fingerprint density at radius 3 is 2.06 bits per heavy atom. The van der Waals surface area contributed by atoms with E-state index in [4.69, 9.17) is 4.74 Å². The van der Waals surface area contributed by atoms with Gasteiger partial charge in [0.15, 0.2) is 0 Å². The topological polar surface area (TPSA) is 24.5 Å². The van der Waals surface area contributed by atoms with Gasteiger partial charge in [-0.2, -0.15) is 0 Å². The van der Waals surface area contributed by atoms with Crippen LogP contribution < -0.4 is 5.32 Å². The zero-order valence-electron chi connectivity index (χ0n) is 11.8. The Hall–Kier alpha value is -0.120. The smallest absolute Gasteiger partial charge is 0.0760 e. The number of likely N-dealkylation sites (N-methyl/N-ethyl adjacent to an activating group) is 1. The largest absolute Gasteiger partial charge is 0.367 e. The van der Waals surface area contributed by atoms with Gasteiger partial charge in [-0.25, -0.2) is 0 Å². The summed E-state index contributed by atoms with van der Waals surface area (Å²) in [4.78, 5) is 2.57. The molecule has 0 saturated carbocycles. The summed E-state index contributed by atoms with van der Waals surface area (Å²) in [5, 5.41) is 3.29. The average molecular weight is 228 g/mol. The highest BCUT2D eigenvalue weighted by molar-refractivity contribution is 4.91. The van der Waals surface area contributed by atoms with E-state index in [0.717, 1.165) is 19.6 Å². The lowest BCUT2D eigenvalue weighted by atomic mass is 9.96. The fourth-order valence-corrected chi connectivity index (χ4v) is 2.87. The van der Waals surface area contributed by atoms with Gasteiger partial charge in [-0.3, -0.25) is 4.90 Å². The third-order valence-electron chi connectivity index (χ3n) is 3.15. The second-order valence-electron chi connectivity index (χ2n) is 6.15. The van der Waals surface area contributed by atoms with Crippen molar-refractivity contribution in [1.82, 2.24) is 10.2 Å². The molecule has 1 rings (SSSR count). The van der Waals surface area contributed by atoms with E-state index in [-0.39, 0.29) is 11.2 Å². The predicted molar refractivity (Wildman–Crippen MR) is 68.8 cm³/mol. The van der Waals surface area contributed by atoms with Crippen molar-refractivity contribution >= 4 is 0 Å². The van der Waals surface area contributed by atoms with E-state index in [0.29, 0.717) is 6.04 Å². The fourth-order valence-electron chi connectivity index (χ4n) is 2.87. The van der Waals surface area contributed by atoms with E-state index in [1.807, 2.05) is 7.05 Å². The molecule has 3 heteroatoms. The summed E-state index contributed by atoms with van der Waals surface area (Å²) in [7, 11) is 2.03. The number of nitrogens with zero attached hydrogens (tertiary/aromatic N) is 1. The maximum absolute atomic E-state index is 6.10. The van der Waals surface area contributed by atoms with Gasteiger partial charge in [-0.15, -0.1) is 0 Å². The van der Waals surface area contributed by atoms with Crippen molar-refractivity contribution in [2.24, 2.45) is 0 Å². The zero-order chi connectivity index (χ0) is 12.4. The Morgan fingerprint density at radius 1 is 1.19 bits per heavy atom. The van der Waals surface area contributed by atoms with Crippen molar-refractivity contribution in [3.8, 4) is 0 Å². The first kappa shape index (κ1) is 13.9. The van der Waals surface area contributed by atoms with Crippen molar-refractivity contribution < 1.29 is 4.74 Å². The first-order valence-electron chi connectivity index (χ1n) is 6.38. The summed E-state index contributed by atoms with van der Waals surface area (Å²) in [6, 6.07) is 0.618. The van der Waals surface area contributed by atoms with Crippen LogP contribution in [0.5, 0.6) is 0 Å². The molecule has 1 heterocycles. The van der Waals surface area contributed by atoms with Gasteiger partial charge in [-0.05, 0) is 41.2 Å². The molecule has 0 aromatic carbocycles. The van der Waals surface area contributed by atoms with Crippen molar-refractivity contribution in [2.75, 3.05) is 26.7 Å². The molecule has 96 valence electrons. The van der Waals surface area contributed by atoms with E-state index in [1.165, 1.54) is 6.42 Å².